The van der Waals surface area contributed by atoms with Crippen molar-refractivity contribution < 1.29 is 19.4 Å². The van der Waals surface area contributed by atoms with Crippen molar-refractivity contribution in [1.29, 1.82) is 0 Å². The molecule has 2 heterocycles. The molecule has 36 heavy (non-hydrogen) atoms. The van der Waals surface area contributed by atoms with Crippen molar-refractivity contribution in [2.24, 2.45) is 4.99 Å². The largest absolute Gasteiger partial charge is 0.491 e. The van der Waals surface area contributed by atoms with Crippen molar-refractivity contribution in [3.8, 4) is 11.6 Å². The lowest BCUT2D eigenvalue weighted by molar-refractivity contribution is 0.0965. The van der Waals surface area contributed by atoms with E-state index in [1.165, 1.54) is 0 Å². The molecule has 4 rings (SSSR count). The third-order valence-electron chi connectivity index (χ3n) is 6.12. The fourth-order valence-corrected chi connectivity index (χ4v) is 3.76. The highest BCUT2D eigenvalue weighted by Crippen LogP contribution is 2.28. The number of carbonyl (C=O) groups excluding carboxylic acids is 1. The maximum atomic E-state index is 13.5. The Labute approximate surface area is 217 Å². The van der Waals surface area contributed by atoms with Gasteiger partial charge in [-0.15, -0.1) is 22.6 Å². The maximum Gasteiger partial charge on any atom is 0.245 e. The molecule has 1 fully saturated rings. The number of fused-ring (bicyclic) bond motifs is 1. The van der Waals surface area contributed by atoms with Crippen LogP contribution in [0.2, 0.25) is 0 Å². The summed E-state index contributed by atoms with van der Waals surface area (Å²) in [5.74, 6) is 1.00. The second kappa shape index (κ2) is 11.0. The van der Waals surface area contributed by atoms with Crippen molar-refractivity contribution in [3.05, 3.63) is 46.1 Å². The molecule has 196 valence electrons. The highest BCUT2D eigenvalue weighted by atomic mass is 35.5. The number of rotatable bonds is 9. The topological polar surface area (TPSA) is 103 Å². The van der Waals surface area contributed by atoms with Gasteiger partial charge in [0.2, 0.25) is 11.5 Å². The van der Waals surface area contributed by atoms with Crippen molar-refractivity contribution in [3.63, 3.8) is 0 Å². The Morgan fingerprint density at radius 1 is 1.14 bits per heavy atom. The maximum absolute atomic E-state index is 13.5. The lowest BCUT2D eigenvalue weighted by Crippen LogP contribution is -2.28. The van der Waals surface area contributed by atoms with Crippen molar-refractivity contribution >= 4 is 23.8 Å². The van der Waals surface area contributed by atoms with Crippen LogP contribution < -0.4 is 15.1 Å². The highest BCUT2D eigenvalue weighted by molar-refractivity contribution is 5.96. The van der Waals surface area contributed by atoms with Gasteiger partial charge in [0.1, 0.15) is 18.9 Å². The van der Waals surface area contributed by atoms with Crippen LogP contribution in [0.5, 0.6) is 11.6 Å². The number of hydrogen-bond donors (Lipinski definition) is 1. The average molecular weight is 518 g/mol. The molecule has 3 aromatic rings. The van der Waals surface area contributed by atoms with Crippen molar-refractivity contribution in [2.75, 3.05) is 19.8 Å². The molecule has 0 spiro atoms. The summed E-state index contributed by atoms with van der Waals surface area (Å²) in [6, 6.07) is 5.77. The Kier molecular flexibility index (Phi) is 8.46. The van der Waals surface area contributed by atoms with E-state index in [-0.39, 0.29) is 49.4 Å². The van der Waals surface area contributed by atoms with Crippen LogP contribution in [0.15, 0.2) is 23.2 Å². The summed E-state index contributed by atoms with van der Waals surface area (Å²) in [6.07, 6.45) is 2.03. The number of aliphatic hydroxyl groups is 1. The molecule has 10 heteroatoms. The van der Waals surface area contributed by atoms with Gasteiger partial charge >= 0.3 is 0 Å². The highest BCUT2D eigenvalue weighted by Gasteiger charge is 2.24. The summed E-state index contributed by atoms with van der Waals surface area (Å²) in [6.45, 7) is 12.7. The molecule has 0 atom stereocenters. The minimum Gasteiger partial charge on any atom is -0.491 e. The third-order valence-corrected chi connectivity index (χ3v) is 6.12. The number of hydrogen-bond acceptors (Lipinski definition) is 7. The van der Waals surface area contributed by atoms with Gasteiger partial charge in [-0.2, -0.15) is 4.52 Å². The Bertz CT molecular complexity index is 1320. The number of carbonyl (C=O) groups is 1. The zero-order chi connectivity index (χ0) is 25.3. The third kappa shape index (κ3) is 5.90. The van der Waals surface area contributed by atoms with Gasteiger partial charge in [0.15, 0.2) is 11.4 Å². The first kappa shape index (κ1) is 27.7. The van der Waals surface area contributed by atoms with Gasteiger partial charge in [-0.3, -0.25) is 4.79 Å². The van der Waals surface area contributed by atoms with E-state index in [9.17, 15) is 9.90 Å². The molecule has 0 unspecified atom stereocenters. The van der Waals surface area contributed by atoms with Gasteiger partial charge in [0.05, 0.1) is 19.3 Å². The van der Waals surface area contributed by atoms with E-state index >= 15 is 0 Å². The summed E-state index contributed by atoms with van der Waals surface area (Å²) in [7, 11) is 0. The molecule has 0 radical (unpaired) electrons. The van der Waals surface area contributed by atoms with Crippen LogP contribution in [-0.4, -0.2) is 56.1 Å². The molecule has 2 aromatic heterocycles. The fourth-order valence-electron chi connectivity index (χ4n) is 3.76. The summed E-state index contributed by atoms with van der Waals surface area (Å²) in [5, 5.41) is 18.6. The zero-order valence-electron chi connectivity index (χ0n) is 21.9. The van der Waals surface area contributed by atoms with E-state index in [1.807, 2.05) is 32.9 Å². The molecular formula is C26H36ClN5O4. The standard InChI is InChI=1S/C26H35N5O4.ClH/c1-7-34-24-17(3)16(2)23-28-30(25(31(23)29-24)27-20-8-9-20)15-22(33)18-12-19(26(4,5)6)14-21(13-18)35-11-10-32;/h12-14,20,32H,7-11,15H2,1-6H3;1H/b27-25+;. The summed E-state index contributed by atoms with van der Waals surface area (Å²) in [4.78, 5) is 18.3. The number of aryl methyl sites for hydroxylation is 1. The van der Waals surface area contributed by atoms with Crippen LogP contribution >= 0.6 is 12.4 Å². The summed E-state index contributed by atoms with van der Waals surface area (Å²) < 4.78 is 14.7. The lowest BCUT2D eigenvalue weighted by Gasteiger charge is -2.21. The first-order chi connectivity index (χ1) is 16.6. The van der Waals surface area contributed by atoms with Crippen LogP contribution in [0.3, 0.4) is 0 Å². The number of ether oxygens (including phenoxy) is 2. The normalized spacial score (nSPS) is 14.1. The van der Waals surface area contributed by atoms with Gasteiger partial charge in [-0.1, -0.05) is 20.8 Å². The Hall–Kier alpha value is -2.91. The van der Waals surface area contributed by atoms with Crippen LogP contribution in [0, 0.1) is 13.8 Å². The Morgan fingerprint density at radius 2 is 1.86 bits per heavy atom. The first-order valence-electron chi connectivity index (χ1n) is 12.2. The lowest BCUT2D eigenvalue weighted by atomic mass is 9.85. The van der Waals surface area contributed by atoms with E-state index in [0.29, 0.717) is 35.1 Å². The Balaban J connectivity index is 0.00000361. The Morgan fingerprint density at radius 3 is 2.47 bits per heavy atom. The summed E-state index contributed by atoms with van der Waals surface area (Å²) in [5.41, 5.74) is 4.40. The molecule has 0 saturated heterocycles. The second-order valence-corrected chi connectivity index (χ2v) is 10.0. The molecule has 9 nitrogen and oxygen atoms in total. The number of nitrogens with zero attached hydrogens (tertiary/aromatic N) is 5. The minimum absolute atomic E-state index is 0. The van der Waals surface area contributed by atoms with Gasteiger partial charge < -0.3 is 14.6 Å². The minimum atomic E-state index is -0.176. The smallest absolute Gasteiger partial charge is 0.245 e. The van der Waals surface area contributed by atoms with Crippen LogP contribution in [0.4, 0.5) is 0 Å². The van der Waals surface area contributed by atoms with E-state index in [1.54, 1.807) is 15.3 Å². The fraction of sp³-hybridized carbons (Fsp3) is 0.538. The number of Topliss-reactive ketones (excluding diaryl/α,β-unsaturated/α-hetero) is 1. The van der Waals surface area contributed by atoms with E-state index < -0.39 is 0 Å². The SMILES string of the molecule is CCOc1nn2/c(=N/C3CC3)n(CC(=O)c3cc(OCCO)cc(C(C)(C)C)c3)nc2c(C)c1C.Cl. The van der Waals surface area contributed by atoms with E-state index in [4.69, 9.17) is 19.6 Å². The molecule has 1 aliphatic rings. The molecule has 0 aliphatic heterocycles. The molecule has 0 bridgehead atoms. The molecule has 0 amide bonds. The predicted molar refractivity (Wildman–Crippen MR) is 140 cm³/mol. The number of halogens is 1. The van der Waals surface area contributed by atoms with Crippen molar-refractivity contribution in [2.45, 2.75) is 72.4 Å². The van der Waals surface area contributed by atoms with Crippen LogP contribution in [0.1, 0.15) is 67.6 Å². The molecular weight excluding hydrogens is 482 g/mol. The van der Waals surface area contributed by atoms with E-state index in [0.717, 1.165) is 29.5 Å². The average Bonchev–Trinajstić information content (AvgIpc) is 3.57. The first-order valence-corrected chi connectivity index (χ1v) is 12.2. The number of aliphatic hydroxyl groups excluding tert-OH is 1. The quantitative estimate of drug-likeness (QED) is 0.435. The number of aromatic nitrogens is 4. The monoisotopic (exact) mass is 517 g/mol. The van der Waals surface area contributed by atoms with Gasteiger partial charge in [0.25, 0.3) is 0 Å². The second-order valence-electron chi connectivity index (χ2n) is 10.0. The predicted octanol–water partition coefficient (Wildman–Crippen LogP) is 3.58. The zero-order valence-corrected chi connectivity index (χ0v) is 22.7. The van der Waals surface area contributed by atoms with Crippen molar-refractivity contribution in [1.82, 2.24) is 19.4 Å². The van der Waals surface area contributed by atoms with Crippen LogP contribution in [0.25, 0.3) is 5.65 Å². The van der Waals surface area contributed by atoms with E-state index in [2.05, 4.69) is 25.9 Å². The number of ketones is 1. The van der Waals surface area contributed by atoms with Gasteiger partial charge in [-0.25, -0.2) is 9.67 Å². The van der Waals surface area contributed by atoms with Crippen LogP contribution in [-0.2, 0) is 12.0 Å². The molecule has 1 N–H and O–H groups in total. The van der Waals surface area contributed by atoms with Gasteiger partial charge in [-0.05, 0) is 62.8 Å². The molecule has 1 aliphatic carbocycles. The summed E-state index contributed by atoms with van der Waals surface area (Å²) >= 11 is 0. The molecule has 1 aromatic carbocycles. The van der Waals surface area contributed by atoms with Gasteiger partial charge in [0, 0.05) is 16.7 Å². The number of benzene rings is 1. The molecule has 1 saturated carbocycles.